The van der Waals surface area contributed by atoms with Gasteiger partial charge in [-0.05, 0) is 33.6 Å². The molecule has 82 valence electrons. The third-order valence-electron chi connectivity index (χ3n) is 2.94. The Morgan fingerprint density at radius 1 is 1.43 bits per heavy atom. The van der Waals surface area contributed by atoms with Crippen LogP contribution in [-0.4, -0.2) is 34.1 Å². The van der Waals surface area contributed by atoms with E-state index in [1.54, 1.807) is 0 Å². The number of nitrogens with zero attached hydrogens (tertiary/aromatic N) is 1. The Morgan fingerprint density at radius 3 is 2.29 bits per heavy atom. The molecule has 0 unspecified atom stereocenters. The van der Waals surface area contributed by atoms with E-state index in [-0.39, 0.29) is 12.0 Å². The second kappa shape index (κ2) is 4.30. The number of hydrogen-bond donors (Lipinski definition) is 1. The van der Waals surface area contributed by atoms with Crippen molar-refractivity contribution in [3.05, 3.63) is 0 Å². The Kier molecular flexibility index (Phi) is 3.53. The topological polar surface area (TPSA) is 40.5 Å². The summed E-state index contributed by atoms with van der Waals surface area (Å²) < 4.78 is 0. The third-order valence-corrected chi connectivity index (χ3v) is 2.94. The summed E-state index contributed by atoms with van der Waals surface area (Å²) in [7, 11) is 0. The molecule has 0 aromatic heterocycles. The van der Waals surface area contributed by atoms with Gasteiger partial charge in [0.25, 0.3) is 0 Å². The van der Waals surface area contributed by atoms with Gasteiger partial charge in [0, 0.05) is 18.1 Å². The molecule has 14 heavy (non-hydrogen) atoms. The number of aliphatic carboxylic acids is 1. The van der Waals surface area contributed by atoms with Crippen molar-refractivity contribution < 1.29 is 9.90 Å². The predicted octanol–water partition coefficient (Wildman–Crippen LogP) is 2.11. The quantitative estimate of drug-likeness (QED) is 0.754. The maximum absolute atomic E-state index is 10.5. The highest BCUT2D eigenvalue weighted by molar-refractivity contribution is 5.66. The average Bonchev–Trinajstić information content (AvgIpc) is 1.90. The van der Waals surface area contributed by atoms with Crippen LogP contribution >= 0.6 is 0 Å². The smallest absolute Gasteiger partial charge is 0.304 e. The van der Waals surface area contributed by atoms with E-state index >= 15 is 0 Å². The lowest BCUT2D eigenvalue weighted by Gasteiger charge is -2.45. The van der Waals surface area contributed by atoms with Crippen LogP contribution in [0.25, 0.3) is 0 Å². The molecule has 3 heteroatoms. The lowest BCUT2D eigenvalue weighted by atomic mass is 9.87. The Bertz CT molecular complexity index is 204. The maximum atomic E-state index is 10.5. The van der Waals surface area contributed by atoms with E-state index in [4.69, 9.17) is 5.11 Å². The summed E-state index contributed by atoms with van der Waals surface area (Å²) >= 11 is 0. The van der Waals surface area contributed by atoms with Gasteiger partial charge in [-0.2, -0.15) is 0 Å². The minimum absolute atomic E-state index is 0.0978. The van der Waals surface area contributed by atoms with Crippen molar-refractivity contribution in [2.45, 2.75) is 58.0 Å². The molecule has 0 radical (unpaired) electrons. The van der Waals surface area contributed by atoms with Crippen molar-refractivity contribution in [1.82, 2.24) is 4.90 Å². The second-order valence-corrected chi connectivity index (χ2v) is 5.09. The number of rotatable bonds is 4. The molecule has 1 saturated carbocycles. The lowest BCUT2D eigenvalue weighted by molar-refractivity contribution is -0.138. The minimum atomic E-state index is -0.696. The number of carboxylic acid groups (broad SMARTS) is 1. The first-order valence-corrected chi connectivity index (χ1v) is 5.40. The highest BCUT2D eigenvalue weighted by Gasteiger charge is 2.32. The molecule has 0 amide bonds. The summed E-state index contributed by atoms with van der Waals surface area (Å²) in [4.78, 5) is 12.9. The zero-order chi connectivity index (χ0) is 10.8. The van der Waals surface area contributed by atoms with Gasteiger partial charge in [-0.3, -0.25) is 9.69 Å². The largest absolute Gasteiger partial charge is 0.481 e. The molecule has 0 aliphatic heterocycles. The first-order valence-electron chi connectivity index (χ1n) is 5.40. The van der Waals surface area contributed by atoms with Gasteiger partial charge < -0.3 is 5.11 Å². The van der Waals surface area contributed by atoms with E-state index in [1.807, 2.05) is 0 Å². The van der Waals surface area contributed by atoms with Crippen LogP contribution < -0.4 is 0 Å². The maximum Gasteiger partial charge on any atom is 0.304 e. The van der Waals surface area contributed by atoms with Crippen molar-refractivity contribution in [2.24, 2.45) is 0 Å². The zero-order valence-corrected chi connectivity index (χ0v) is 9.42. The molecule has 1 N–H and O–H groups in total. The Morgan fingerprint density at radius 2 is 2.00 bits per heavy atom. The summed E-state index contributed by atoms with van der Waals surface area (Å²) in [5, 5.41) is 8.67. The molecule has 1 rings (SSSR count). The molecule has 1 aliphatic rings. The molecule has 0 saturated heterocycles. The monoisotopic (exact) mass is 199 g/mol. The Labute approximate surface area is 86.1 Å². The van der Waals surface area contributed by atoms with E-state index in [2.05, 4.69) is 25.7 Å². The second-order valence-electron chi connectivity index (χ2n) is 5.09. The van der Waals surface area contributed by atoms with E-state index in [9.17, 15) is 4.79 Å². The highest BCUT2D eigenvalue weighted by Crippen LogP contribution is 2.30. The first kappa shape index (κ1) is 11.5. The van der Waals surface area contributed by atoms with Gasteiger partial charge in [0.05, 0.1) is 6.42 Å². The van der Waals surface area contributed by atoms with Crippen molar-refractivity contribution in [1.29, 1.82) is 0 Å². The minimum Gasteiger partial charge on any atom is -0.481 e. The van der Waals surface area contributed by atoms with Crippen LogP contribution in [0.1, 0.15) is 46.5 Å². The molecule has 1 aliphatic carbocycles. The van der Waals surface area contributed by atoms with Crippen LogP contribution in [0.3, 0.4) is 0 Å². The van der Waals surface area contributed by atoms with Gasteiger partial charge in [-0.15, -0.1) is 0 Å². The van der Waals surface area contributed by atoms with Crippen molar-refractivity contribution >= 4 is 5.97 Å². The normalized spacial score (nSPS) is 18.3. The number of carboxylic acids is 1. The molecule has 0 heterocycles. The van der Waals surface area contributed by atoms with Crippen molar-refractivity contribution in [3.63, 3.8) is 0 Å². The standard InChI is InChI=1S/C11H21NO2/c1-11(2,3)12(8-7-10(13)14)9-5-4-6-9/h9H,4-8H2,1-3H3,(H,13,14). The van der Waals surface area contributed by atoms with Crippen molar-refractivity contribution in [3.8, 4) is 0 Å². The molecule has 0 aromatic rings. The molecule has 0 bridgehead atoms. The molecule has 1 fully saturated rings. The number of carbonyl (C=O) groups is 1. The fraction of sp³-hybridized carbons (Fsp3) is 0.909. The fourth-order valence-electron chi connectivity index (χ4n) is 1.98. The molecular weight excluding hydrogens is 178 g/mol. The Hall–Kier alpha value is -0.570. The SMILES string of the molecule is CC(C)(C)N(CCC(=O)O)C1CCC1. The zero-order valence-electron chi connectivity index (χ0n) is 9.42. The van der Waals surface area contributed by atoms with E-state index in [0.29, 0.717) is 12.6 Å². The van der Waals surface area contributed by atoms with Gasteiger partial charge in [0.2, 0.25) is 0 Å². The highest BCUT2D eigenvalue weighted by atomic mass is 16.4. The molecule has 0 spiro atoms. The van der Waals surface area contributed by atoms with Gasteiger partial charge >= 0.3 is 5.97 Å². The summed E-state index contributed by atoms with van der Waals surface area (Å²) in [6.45, 7) is 7.16. The molecule has 0 atom stereocenters. The van der Waals surface area contributed by atoms with Crippen LogP contribution in [0.4, 0.5) is 0 Å². The number of hydrogen-bond acceptors (Lipinski definition) is 2. The van der Waals surface area contributed by atoms with Gasteiger partial charge in [-0.25, -0.2) is 0 Å². The third kappa shape index (κ3) is 2.98. The van der Waals surface area contributed by atoms with Gasteiger partial charge in [0.1, 0.15) is 0 Å². The van der Waals surface area contributed by atoms with E-state index in [1.165, 1.54) is 19.3 Å². The van der Waals surface area contributed by atoms with Crippen LogP contribution in [0.5, 0.6) is 0 Å². The van der Waals surface area contributed by atoms with Crippen LogP contribution in [0.15, 0.2) is 0 Å². The summed E-state index contributed by atoms with van der Waals surface area (Å²) in [5.74, 6) is -0.696. The molecule has 3 nitrogen and oxygen atoms in total. The summed E-state index contributed by atoms with van der Waals surface area (Å²) in [6.07, 6.45) is 4.02. The van der Waals surface area contributed by atoms with Crippen molar-refractivity contribution in [2.75, 3.05) is 6.54 Å². The summed E-state index contributed by atoms with van der Waals surface area (Å²) in [5.41, 5.74) is 0.0978. The van der Waals surface area contributed by atoms with Crippen LogP contribution in [0, 0.1) is 0 Å². The Balaban J connectivity index is 2.48. The van der Waals surface area contributed by atoms with Crippen LogP contribution in [0.2, 0.25) is 0 Å². The van der Waals surface area contributed by atoms with Crippen LogP contribution in [-0.2, 0) is 4.79 Å². The lowest BCUT2D eigenvalue weighted by Crippen LogP contribution is -2.51. The predicted molar refractivity (Wildman–Crippen MR) is 56.4 cm³/mol. The molecule has 0 aromatic carbocycles. The van der Waals surface area contributed by atoms with E-state index in [0.717, 1.165) is 0 Å². The first-order chi connectivity index (χ1) is 6.41. The van der Waals surface area contributed by atoms with Gasteiger partial charge in [0.15, 0.2) is 0 Å². The summed E-state index contributed by atoms with van der Waals surface area (Å²) in [6, 6.07) is 0.620. The van der Waals surface area contributed by atoms with E-state index < -0.39 is 5.97 Å². The molecular formula is C11H21NO2. The van der Waals surface area contributed by atoms with Gasteiger partial charge in [-0.1, -0.05) is 6.42 Å². The average molecular weight is 199 g/mol. The fourth-order valence-corrected chi connectivity index (χ4v) is 1.98.